The fraction of sp³-hybridized carbons (Fsp3) is 0.200. The zero-order valence-electron chi connectivity index (χ0n) is 15.4. The maximum absolute atomic E-state index is 12.7. The van der Waals surface area contributed by atoms with Gasteiger partial charge in [-0.15, -0.1) is 0 Å². The van der Waals surface area contributed by atoms with Crippen LogP contribution in [0, 0.1) is 6.92 Å². The van der Waals surface area contributed by atoms with Gasteiger partial charge in [0.1, 0.15) is 18.2 Å². The van der Waals surface area contributed by atoms with E-state index in [4.69, 9.17) is 25.5 Å². The summed E-state index contributed by atoms with van der Waals surface area (Å²) in [7, 11) is 0. The van der Waals surface area contributed by atoms with Crippen LogP contribution in [-0.2, 0) is 16.1 Å². The summed E-state index contributed by atoms with van der Waals surface area (Å²) in [6.07, 6.45) is 0. The fourth-order valence-corrected chi connectivity index (χ4v) is 3.31. The van der Waals surface area contributed by atoms with E-state index in [1.807, 2.05) is 0 Å². The van der Waals surface area contributed by atoms with Gasteiger partial charge in [-0.3, -0.25) is 14.4 Å². The van der Waals surface area contributed by atoms with Gasteiger partial charge in [-0.2, -0.15) is 4.98 Å². The van der Waals surface area contributed by atoms with Crippen molar-refractivity contribution in [2.24, 2.45) is 0 Å². The van der Waals surface area contributed by atoms with Crippen molar-refractivity contribution in [2.45, 2.75) is 26.4 Å². The number of rotatable bonds is 3. The minimum atomic E-state index is -0.757. The Balaban J connectivity index is 1.95. The van der Waals surface area contributed by atoms with Crippen LogP contribution in [0.5, 0.6) is 11.6 Å². The Kier molecular flexibility index (Phi) is 4.71. The molecule has 1 aromatic carbocycles. The van der Waals surface area contributed by atoms with E-state index in [2.05, 4.69) is 9.97 Å². The minimum absolute atomic E-state index is 0.0405. The van der Waals surface area contributed by atoms with E-state index in [9.17, 15) is 14.4 Å². The topological polar surface area (TPSA) is 111 Å². The molecule has 3 heterocycles. The van der Waals surface area contributed by atoms with Crippen molar-refractivity contribution >= 4 is 17.6 Å². The highest BCUT2D eigenvalue weighted by Gasteiger charge is 2.37. The average Bonchev–Trinajstić information content (AvgIpc) is 2.66. The van der Waals surface area contributed by atoms with Crippen molar-refractivity contribution < 1.29 is 18.7 Å². The standard InChI is InChI=1S/C20H15ClN2O6/c1-9-22-19(26)16-15(11-3-5-12(21)6-4-11)18-17(29-20(16)23-9)14(25)7-13(28-18)8-27-10(2)24/h3-7,15H,8H2,1-2H3,(H,22,23,26). The molecule has 0 fully saturated rings. The first kappa shape index (κ1) is 18.9. The highest BCUT2D eigenvalue weighted by molar-refractivity contribution is 6.30. The molecule has 0 radical (unpaired) electrons. The average molecular weight is 415 g/mol. The first-order chi connectivity index (χ1) is 13.8. The molecule has 0 spiro atoms. The number of carbonyl (C=O) groups excluding carboxylic acids is 1. The van der Waals surface area contributed by atoms with Crippen LogP contribution in [0.1, 0.15) is 41.3 Å². The van der Waals surface area contributed by atoms with E-state index < -0.39 is 22.9 Å². The lowest BCUT2D eigenvalue weighted by Crippen LogP contribution is -2.27. The smallest absolute Gasteiger partial charge is 0.303 e. The maximum atomic E-state index is 12.7. The van der Waals surface area contributed by atoms with Crippen molar-refractivity contribution in [3.05, 3.63) is 84.4 Å². The first-order valence-electron chi connectivity index (χ1n) is 8.68. The number of hydrogen-bond acceptors (Lipinski definition) is 7. The van der Waals surface area contributed by atoms with Crippen LogP contribution in [0.3, 0.4) is 0 Å². The lowest BCUT2D eigenvalue weighted by Gasteiger charge is -2.25. The van der Waals surface area contributed by atoms with Crippen molar-refractivity contribution in [3.63, 3.8) is 0 Å². The Morgan fingerprint density at radius 2 is 2.00 bits per heavy atom. The van der Waals surface area contributed by atoms with E-state index in [0.717, 1.165) is 0 Å². The van der Waals surface area contributed by atoms with Crippen molar-refractivity contribution in [1.82, 2.24) is 9.97 Å². The number of carbonyl (C=O) groups is 1. The Bertz CT molecular complexity index is 1230. The summed E-state index contributed by atoms with van der Waals surface area (Å²) in [6.45, 7) is 2.64. The molecule has 4 rings (SSSR count). The highest BCUT2D eigenvalue weighted by Crippen LogP contribution is 2.43. The van der Waals surface area contributed by atoms with Crippen LogP contribution in [-0.4, -0.2) is 15.9 Å². The van der Waals surface area contributed by atoms with Crippen LogP contribution in [0.2, 0.25) is 5.02 Å². The number of H-pyrrole nitrogens is 1. The van der Waals surface area contributed by atoms with Crippen LogP contribution >= 0.6 is 11.6 Å². The van der Waals surface area contributed by atoms with E-state index >= 15 is 0 Å². The number of aromatic amines is 1. The lowest BCUT2D eigenvalue weighted by atomic mass is 9.88. The van der Waals surface area contributed by atoms with E-state index in [1.54, 1.807) is 31.2 Å². The molecule has 29 heavy (non-hydrogen) atoms. The molecule has 0 bridgehead atoms. The molecule has 2 aromatic heterocycles. The fourth-order valence-electron chi connectivity index (χ4n) is 3.19. The summed E-state index contributed by atoms with van der Waals surface area (Å²) in [5.41, 5.74) is -0.0220. The summed E-state index contributed by atoms with van der Waals surface area (Å²) >= 11 is 6.00. The third kappa shape index (κ3) is 3.54. The van der Waals surface area contributed by atoms with Gasteiger partial charge in [0.2, 0.25) is 17.1 Å². The molecule has 9 heteroatoms. The number of ether oxygens (including phenoxy) is 2. The van der Waals surface area contributed by atoms with Crippen molar-refractivity contribution in [3.8, 4) is 11.6 Å². The van der Waals surface area contributed by atoms with Gasteiger partial charge in [-0.1, -0.05) is 23.7 Å². The number of aromatic nitrogens is 2. The number of esters is 1. The Hall–Kier alpha value is -3.39. The molecule has 1 aliphatic heterocycles. The molecule has 1 unspecified atom stereocenters. The normalized spacial score (nSPS) is 14.5. The van der Waals surface area contributed by atoms with Gasteiger partial charge >= 0.3 is 5.97 Å². The number of benzene rings is 1. The third-order valence-corrected chi connectivity index (χ3v) is 4.64. The van der Waals surface area contributed by atoms with Gasteiger partial charge in [0.05, 0.1) is 11.5 Å². The minimum Gasteiger partial charge on any atom is -0.458 e. The number of halogens is 1. The number of aryl methyl sites for hydroxylation is 1. The van der Waals surface area contributed by atoms with Gasteiger partial charge in [-0.25, -0.2) is 0 Å². The van der Waals surface area contributed by atoms with Crippen molar-refractivity contribution in [2.75, 3.05) is 0 Å². The van der Waals surface area contributed by atoms with Gasteiger partial charge < -0.3 is 18.9 Å². The monoisotopic (exact) mass is 414 g/mol. The first-order valence-corrected chi connectivity index (χ1v) is 9.05. The third-order valence-electron chi connectivity index (χ3n) is 4.39. The molecule has 1 aliphatic rings. The van der Waals surface area contributed by atoms with Crippen molar-refractivity contribution in [1.29, 1.82) is 0 Å². The molecule has 3 aromatic rings. The SMILES string of the molecule is CC(=O)OCc1cc(=O)c2c(o1)C(c1ccc(Cl)cc1)c1c(nc(C)[nH]c1=O)O2. The molecular weight excluding hydrogens is 400 g/mol. The summed E-state index contributed by atoms with van der Waals surface area (Å²) in [5, 5.41) is 0.516. The predicted molar refractivity (Wildman–Crippen MR) is 103 cm³/mol. The van der Waals surface area contributed by atoms with E-state index in [1.165, 1.54) is 13.0 Å². The number of hydrogen-bond donors (Lipinski definition) is 1. The maximum Gasteiger partial charge on any atom is 0.303 e. The molecule has 148 valence electrons. The molecule has 0 saturated carbocycles. The van der Waals surface area contributed by atoms with Gasteiger partial charge in [0.15, 0.2) is 5.76 Å². The van der Waals surface area contributed by atoms with Crippen LogP contribution in [0.15, 0.2) is 44.3 Å². The van der Waals surface area contributed by atoms with Crippen LogP contribution in [0.4, 0.5) is 0 Å². The van der Waals surface area contributed by atoms with E-state index in [0.29, 0.717) is 16.4 Å². The zero-order chi connectivity index (χ0) is 20.7. The van der Waals surface area contributed by atoms with Crippen LogP contribution < -0.4 is 15.7 Å². The molecular formula is C20H15ClN2O6. The quantitative estimate of drug-likeness (QED) is 0.513. The van der Waals surface area contributed by atoms with Gasteiger partial charge in [0, 0.05) is 18.0 Å². The zero-order valence-corrected chi connectivity index (χ0v) is 16.2. The Morgan fingerprint density at radius 1 is 1.28 bits per heavy atom. The molecule has 1 atom stereocenters. The summed E-state index contributed by atoms with van der Waals surface area (Å²) in [4.78, 5) is 43.4. The Morgan fingerprint density at radius 3 is 2.69 bits per heavy atom. The lowest BCUT2D eigenvalue weighted by molar-refractivity contribution is -0.142. The summed E-state index contributed by atoms with van der Waals surface area (Å²) < 4.78 is 16.4. The van der Waals surface area contributed by atoms with E-state index in [-0.39, 0.29) is 35.3 Å². The largest absolute Gasteiger partial charge is 0.458 e. The molecule has 0 aliphatic carbocycles. The Labute approximate surface area is 169 Å². The second-order valence-corrected chi connectivity index (χ2v) is 6.94. The van der Waals surface area contributed by atoms with Crippen LogP contribution in [0.25, 0.3) is 0 Å². The second kappa shape index (κ2) is 7.21. The second-order valence-electron chi connectivity index (χ2n) is 6.51. The molecule has 0 saturated heterocycles. The molecule has 1 N–H and O–H groups in total. The number of fused-ring (bicyclic) bond motifs is 2. The number of nitrogens with zero attached hydrogens (tertiary/aromatic N) is 1. The van der Waals surface area contributed by atoms with Gasteiger partial charge in [-0.05, 0) is 24.6 Å². The van der Waals surface area contributed by atoms with Gasteiger partial charge in [0.25, 0.3) is 5.56 Å². The molecule has 8 nitrogen and oxygen atoms in total. The predicted octanol–water partition coefficient (Wildman–Crippen LogP) is 3.03. The number of nitrogens with one attached hydrogen (secondary N) is 1. The summed E-state index contributed by atoms with van der Waals surface area (Å²) in [5.74, 6) is -0.689. The summed E-state index contributed by atoms with van der Waals surface area (Å²) in [6, 6.07) is 7.98. The highest BCUT2D eigenvalue weighted by atomic mass is 35.5. The molecule has 0 amide bonds.